The molecular weight excluding hydrogens is 383 g/mol. The highest BCUT2D eigenvalue weighted by Crippen LogP contribution is 2.48. The first kappa shape index (κ1) is 18.5. The van der Waals surface area contributed by atoms with Crippen LogP contribution in [0, 0.1) is 5.82 Å². The van der Waals surface area contributed by atoms with Gasteiger partial charge in [-0.2, -0.15) is 5.10 Å². The van der Waals surface area contributed by atoms with Gasteiger partial charge in [0.2, 0.25) is 6.23 Å². The van der Waals surface area contributed by atoms with Gasteiger partial charge in [-0.1, -0.05) is 36.4 Å². The Balaban J connectivity index is 1.61. The van der Waals surface area contributed by atoms with Gasteiger partial charge in [0, 0.05) is 23.6 Å². The van der Waals surface area contributed by atoms with E-state index in [0.29, 0.717) is 23.5 Å². The Morgan fingerprint density at radius 3 is 2.50 bits per heavy atom. The fourth-order valence-electron chi connectivity index (χ4n) is 4.11. The maximum atomic E-state index is 14.6. The highest BCUT2D eigenvalue weighted by molar-refractivity contribution is 6.04. The molecule has 0 amide bonds. The molecule has 152 valence electrons. The minimum atomic E-state index is -0.646. The Hall–Kier alpha value is -3.54. The van der Waals surface area contributed by atoms with Gasteiger partial charge >= 0.3 is 0 Å². The van der Waals surface area contributed by atoms with Crippen LogP contribution in [0.2, 0.25) is 0 Å². The number of hydrogen-bond donors (Lipinski definition) is 0. The summed E-state index contributed by atoms with van der Waals surface area (Å²) in [5.74, 6) is 1.84. The van der Waals surface area contributed by atoms with Gasteiger partial charge in [0.05, 0.1) is 31.5 Å². The molecule has 3 aromatic rings. The van der Waals surface area contributed by atoms with Crippen molar-refractivity contribution in [2.24, 2.45) is 5.10 Å². The molecule has 0 bridgehead atoms. The first-order valence-corrected chi connectivity index (χ1v) is 9.78. The summed E-state index contributed by atoms with van der Waals surface area (Å²) >= 11 is 0. The van der Waals surface area contributed by atoms with Gasteiger partial charge in [-0.15, -0.1) is 0 Å². The van der Waals surface area contributed by atoms with Crippen molar-refractivity contribution in [3.63, 3.8) is 0 Å². The second-order valence-electron chi connectivity index (χ2n) is 7.24. The van der Waals surface area contributed by atoms with E-state index in [2.05, 4.69) is 0 Å². The first-order valence-electron chi connectivity index (χ1n) is 9.78. The molecule has 0 radical (unpaired) electrons. The summed E-state index contributed by atoms with van der Waals surface area (Å²) in [5, 5.41) is 6.74. The standard InChI is InChI=1S/C24H21FN2O3/c1-28-15-11-12-17(23(13-15)29-2)20-14-21-18-8-4-6-10-22(18)30-24(27(21)26-20)16-7-3-5-9-19(16)25/h3-13,21,24H,14H2,1-2H3/t21-,24+/m1/s1. The Bertz CT molecular complexity index is 1130. The number of para-hydroxylation sites is 1. The summed E-state index contributed by atoms with van der Waals surface area (Å²) in [6.07, 6.45) is 0.0152. The second-order valence-corrected chi connectivity index (χ2v) is 7.24. The molecule has 2 aliphatic heterocycles. The smallest absolute Gasteiger partial charge is 0.216 e. The zero-order valence-corrected chi connectivity index (χ0v) is 16.7. The van der Waals surface area contributed by atoms with Gasteiger partial charge in [-0.05, 0) is 24.3 Å². The molecule has 5 rings (SSSR count). The van der Waals surface area contributed by atoms with Crippen molar-refractivity contribution in [1.29, 1.82) is 0 Å². The topological polar surface area (TPSA) is 43.3 Å². The summed E-state index contributed by atoms with van der Waals surface area (Å²) in [5.41, 5.74) is 3.25. The van der Waals surface area contributed by atoms with Crippen molar-refractivity contribution in [1.82, 2.24) is 5.01 Å². The van der Waals surface area contributed by atoms with Gasteiger partial charge in [0.1, 0.15) is 23.1 Å². The molecule has 0 saturated carbocycles. The molecule has 0 N–H and O–H groups in total. The third-order valence-electron chi connectivity index (χ3n) is 5.59. The Morgan fingerprint density at radius 1 is 0.967 bits per heavy atom. The lowest BCUT2D eigenvalue weighted by Crippen LogP contribution is -2.34. The number of methoxy groups -OCH3 is 2. The molecule has 5 nitrogen and oxygen atoms in total. The fraction of sp³-hybridized carbons (Fsp3) is 0.208. The number of fused-ring (bicyclic) bond motifs is 3. The van der Waals surface area contributed by atoms with Crippen LogP contribution in [0.1, 0.15) is 35.4 Å². The van der Waals surface area contributed by atoms with Crippen LogP contribution >= 0.6 is 0 Å². The van der Waals surface area contributed by atoms with E-state index in [9.17, 15) is 4.39 Å². The van der Waals surface area contributed by atoms with Crippen LogP contribution in [0.4, 0.5) is 4.39 Å². The molecule has 30 heavy (non-hydrogen) atoms. The lowest BCUT2D eigenvalue weighted by Gasteiger charge is -2.38. The molecule has 0 aromatic heterocycles. The molecule has 0 unspecified atom stereocenters. The van der Waals surface area contributed by atoms with Gasteiger partial charge in [-0.3, -0.25) is 0 Å². The number of hydrogen-bond acceptors (Lipinski definition) is 5. The van der Waals surface area contributed by atoms with Crippen molar-refractivity contribution in [2.45, 2.75) is 18.7 Å². The van der Waals surface area contributed by atoms with E-state index in [1.807, 2.05) is 53.5 Å². The number of ether oxygens (including phenoxy) is 3. The number of halogens is 1. The van der Waals surface area contributed by atoms with Crippen LogP contribution < -0.4 is 14.2 Å². The van der Waals surface area contributed by atoms with E-state index < -0.39 is 6.23 Å². The van der Waals surface area contributed by atoms with Crippen molar-refractivity contribution in [3.8, 4) is 17.2 Å². The molecule has 2 atom stereocenters. The van der Waals surface area contributed by atoms with Crippen LogP contribution in [0.3, 0.4) is 0 Å². The Labute approximate surface area is 174 Å². The molecule has 0 fully saturated rings. The van der Waals surface area contributed by atoms with E-state index in [4.69, 9.17) is 19.3 Å². The lowest BCUT2D eigenvalue weighted by molar-refractivity contribution is -0.0212. The molecule has 6 heteroatoms. The zero-order chi connectivity index (χ0) is 20.7. The number of benzene rings is 3. The van der Waals surface area contributed by atoms with Crippen molar-refractivity contribution in [3.05, 3.63) is 89.2 Å². The molecular formula is C24H21FN2O3. The second kappa shape index (κ2) is 7.37. The van der Waals surface area contributed by atoms with Crippen LogP contribution in [0.15, 0.2) is 71.8 Å². The van der Waals surface area contributed by atoms with Gasteiger partial charge < -0.3 is 14.2 Å². The van der Waals surface area contributed by atoms with E-state index >= 15 is 0 Å². The largest absolute Gasteiger partial charge is 0.497 e. The maximum absolute atomic E-state index is 14.6. The normalized spacial score (nSPS) is 19.4. The molecule has 0 spiro atoms. The predicted octanol–water partition coefficient (Wildman–Crippen LogP) is 5.09. The SMILES string of the molecule is COc1ccc(C2=NN3[C@H](C2)c2ccccc2O[C@H]3c2ccccc2F)c(OC)c1. The monoisotopic (exact) mass is 404 g/mol. The average Bonchev–Trinajstić information content (AvgIpc) is 3.24. The third kappa shape index (κ3) is 2.96. The quantitative estimate of drug-likeness (QED) is 0.608. The fourth-order valence-corrected chi connectivity index (χ4v) is 4.11. The minimum absolute atomic E-state index is 0.0543. The van der Waals surface area contributed by atoms with Gasteiger partial charge in [0.25, 0.3) is 0 Å². The predicted molar refractivity (Wildman–Crippen MR) is 111 cm³/mol. The number of rotatable bonds is 4. The van der Waals surface area contributed by atoms with E-state index in [1.165, 1.54) is 6.07 Å². The molecule has 0 saturated heterocycles. The van der Waals surface area contributed by atoms with Gasteiger partial charge in [0.15, 0.2) is 0 Å². The van der Waals surface area contributed by atoms with Crippen molar-refractivity contribution < 1.29 is 18.6 Å². The maximum Gasteiger partial charge on any atom is 0.216 e. The zero-order valence-electron chi connectivity index (χ0n) is 16.7. The summed E-state index contributed by atoms with van der Waals surface area (Å²) in [7, 11) is 3.25. The summed E-state index contributed by atoms with van der Waals surface area (Å²) < 4.78 is 31.8. The van der Waals surface area contributed by atoms with Gasteiger partial charge in [-0.25, -0.2) is 9.40 Å². The average molecular weight is 404 g/mol. The number of nitrogens with zero attached hydrogens (tertiary/aromatic N) is 2. The van der Waals surface area contributed by atoms with Crippen LogP contribution in [0.25, 0.3) is 0 Å². The summed E-state index contributed by atoms with van der Waals surface area (Å²) in [6, 6.07) is 20.2. The molecule has 2 heterocycles. The first-order chi connectivity index (χ1) is 14.7. The van der Waals surface area contributed by atoms with Crippen molar-refractivity contribution >= 4 is 5.71 Å². The Morgan fingerprint density at radius 2 is 1.73 bits per heavy atom. The van der Waals surface area contributed by atoms with E-state index in [-0.39, 0.29) is 11.9 Å². The van der Waals surface area contributed by atoms with Crippen LogP contribution in [-0.4, -0.2) is 24.9 Å². The Kier molecular flexibility index (Phi) is 4.54. The molecule has 2 aliphatic rings. The molecule has 0 aliphatic carbocycles. The van der Waals surface area contributed by atoms with E-state index in [0.717, 1.165) is 22.6 Å². The number of hydrazone groups is 1. The highest BCUT2D eigenvalue weighted by Gasteiger charge is 2.42. The summed E-state index contributed by atoms with van der Waals surface area (Å²) in [4.78, 5) is 0. The third-order valence-corrected chi connectivity index (χ3v) is 5.59. The van der Waals surface area contributed by atoms with Crippen LogP contribution in [0.5, 0.6) is 17.2 Å². The lowest BCUT2D eigenvalue weighted by atomic mass is 9.95. The van der Waals surface area contributed by atoms with Crippen molar-refractivity contribution in [2.75, 3.05) is 14.2 Å². The highest BCUT2D eigenvalue weighted by atomic mass is 19.1. The minimum Gasteiger partial charge on any atom is -0.497 e. The summed E-state index contributed by atoms with van der Waals surface area (Å²) in [6.45, 7) is 0. The van der Waals surface area contributed by atoms with Crippen LogP contribution in [-0.2, 0) is 0 Å². The molecule has 3 aromatic carbocycles. The van der Waals surface area contributed by atoms with E-state index in [1.54, 1.807) is 26.4 Å².